The number of unbranched alkanes of at least 4 members (excludes halogenated alkanes) is 38. The van der Waals surface area contributed by atoms with E-state index in [-0.39, 0.29) is 0 Å². The van der Waals surface area contributed by atoms with Crippen molar-refractivity contribution in [3.63, 3.8) is 0 Å². The number of hydrogen-bond acceptors (Lipinski definition) is 14. The minimum absolute atomic E-state index is 0.521. The molecule has 4 rings (SSSR count). The molecule has 90 heavy (non-hydrogen) atoms. The molecule has 14 nitrogen and oxygen atoms in total. The quantitative estimate of drug-likeness (QED) is 0.0311. The number of benzene rings is 2. The van der Waals surface area contributed by atoms with Crippen LogP contribution in [0.25, 0.3) is 0 Å². The van der Waals surface area contributed by atoms with Crippen molar-refractivity contribution in [2.24, 2.45) is 0 Å². The first-order valence-corrected chi connectivity index (χ1v) is 38.0. The van der Waals surface area contributed by atoms with Crippen LogP contribution in [0.3, 0.4) is 0 Å². The van der Waals surface area contributed by atoms with Gasteiger partial charge in [-0.25, -0.2) is 0 Å². The molecule has 0 radical (unpaired) electrons. The van der Waals surface area contributed by atoms with E-state index in [0.29, 0.717) is 48.8 Å². The molecule has 0 saturated carbocycles. The Labute approximate surface area is 551 Å². The van der Waals surface area contributed by atoms with Crippen LogP contribution in [0, 0.1) is 0 Å². The second-order valence-electron chi connectivity index (χ2n) is 25.8. The van der Waals surface area contributed by atoms with Crippen molar-refractivity contribution in [3.05, 3.63) is 48.5 Å². The van der Waals surface area contributed by atoms with Crippen LogP contribution in [0.15, 0.2) is 48.5 Å². The van der Waals surface area contributed by atoms with E-state index in [9.17, 15) is 0 Å². The Kier molecular flexibility index (Phi) is 46.7. The van der Waals surface area contributed by atoms with Crippen molar-refractivity contribution in [2.75, 3.05) is 83.5 Å². The summed E-state index contributed by atoms with van der Waals surface area (Å²) in [6, 6.07) is 16.5. The first-order valence-electron chi connectivity index (χ1n) is 38.0. The molecule has 4 N–H and O–H groups in total. The lowest BCUT2D eigenvalue weighted by Gasteiger charge is -2.24. The zero-order chi connectivity index (χ0) is 63.8. The summed E-state index contributed by atoms with van der Waals surface area (Å²) in [6.45, 7) is 19.9. The van der Waals surface area contributed by atoms with E-state index >= 15 is 0 Å². The molecular weight excluding hydrogens is 1110 g/mol. The zero-order valence-electron chi connectivity index (χ0n) is 58.8. The summed E-state index contributed by atoms with van der Waals surface area (Å²) in [6.07, 6.45) is 56.0. The van der Waals surface area contributed by atoms with Gasteiger partial charge in [0.25, 0.3) is 0 Å². The Morgan fingerprint density at radius 3 is 0.767 bits per heavy atom. The fraction of sp³-hybridized carbons (Fsp3) is 0.763. The van der Waals surface area contributed by atoms with Gasteiger partial charge in [0.2, 0.25) is 35.7 Å². The van der Waals surface area contributed by atoms with Crippen LogP contribution < -0.4 is 40.5 Å². The van der Waals surface area contributed by atoms with E-state index in [0.717, 1.165) is 101 Å². The fourth-order valence-electron chi connectivity index (χ4n) is 11.7. The van der Waals surface area contributed by atoms with Crippen LogP contribution in [0.5, 0.6) is 11.5 Å². The van der Waals surface area contributed by atoms with E-state index in [4.69, 9.17) is 39.4 Å². The molecule has 14 heteroatoms. The molecule has 0 aliphatic heterocycles. The van der Waals surface area contributed by atoms with Gasteiger partial charge in [0.05, 0.1) is 13.2 Å². The van der Waals surface area contributed by atoms with Crippen LogP contribution in [0.2, 0.25) is 0 Å². The van der Waals surface area contributed by atoms with Crippen molar-refractivity contribution < 1.29 is 9.47 Å². The Balaban J connectivity index is 1.52. The lowest BCUT2D eigenvalue weighted by molar-refractivity contribution is 0.304. The summed E-state index contributed by atoms with van der Waals surface area (Å²) < 4.78 is 12.4. The molecule has 0 spiro atoms. The first-order chi connectivity index (χ1) is 44.5. The normalized spacial score (nSPS) is 11.3. The lowest BCUT2D eigenvalue weighted by atomic mass is 10.1. The molecule has 2 aromatic heterocycles. The van der Waals surface area contributed by atoms with Crippen LogP contribution in [0.1, 0.15) is 324 Å². The SMILES string of the molecule is CCCCCCCCCCCCOc1ccc(Nc2nc(NCCNc3nc(Nc4ccc(OCCCCCCCCCCCC)cc4)nc(N(CCCCCCCC)CCCCCCCC)n3)nc(N(CCCCCCCC)CCCCCCCC)n2)cc1. The van der Waals surface area contributed by atoms with Gasteiger partial charge in [0.15, 0.2) is 0 Å². The van der Waals surface area contributed by atoms with Gasteiger partial charge in [-0.15, -0.1) is 0 Å². The third kappa shape index (κ3) is 38.6. The van der Waals surface area contributed by atoms with E-state index in [1.54, 1.807) is 0 Å². The predicted octanol–water partition coefficient (Wildman–Crippen LogP) is 22.7. The molecule has 0 aliphatic rings. The highest BCUT2D eigenvalue weighted by Crippen LogP contribution is 2.26. The molecule has 0 unspecified atom stereocenters. The number of nitrogens with zero attached hydrogens (tertiary/aromatic N) is 8. The fourth-order valence-corrected chi connectivity index (χ4v) is 11.7. The summed E-state index contributed by atoms with van der Waals surface area (Å²) in [5.74, 6) is 5.31. The Morgan fingerprint density at radius 2 is 0.500 bits per heavy atom. The summed E-state index contributed by atoms with van der Waals surface area (Å²) in [7, 11) is 0. The second-order valence-corrected chi connectivity index (χ2v) is 25.8. The highest BCUT2D eigenvalue weighted by atomic mass is 16.5. The minimum Gasteiger partial charge on any atom is -0.494 e. The number of anilines is 8. The van der Waals surface area contributed by atoms with Gasteiger partial charge < -0.3 is 40.5 Å². The zero-order valence-corrected chi connectivity index (χ0v) is 58.8. The molecule has 0 bridgehead atoms. The van der Waals surface area contributed by atoms with Crippen LogP contribution in [-0.2, 0) is 0 Å². The Hall–Kier alpha value is -5.14. The molecule has 0 amide bonds. The summed E-state index contributed by atoms with van der Waals surface area (Å²) in [5, 5.41) is 14.3. The van der Waals surface area contributed by atoms with Crippen molar-refractivity contribution in [2.45, 2.75) is 324 Å². The number of hydrogen-bond donors (Lipinski definition) is 4. The maximum atomic E-state index is 6.21. The highest BCUT2D eigenvalue weighted by Gasteiger charge is 2.17. The summed E-state index contributed by atoms with van der Waals surface area (Å²) in [5.41, 5.74) is 1.82. The summed E-state index contributed by atoms with van der Waals surface area (Å²) in [4.78, 5) is 35.4. The van der Waals surface area contributed by atoms with Crippen LogP contribution >= 0.6 is 0 Å². The predicted molar refractivity (Wildman–Crippen MR) is 389 cm³/mol. The van der Waals surface area contributed by atoms with Gasteiger partial charge in [0.1, 0.15) is 11.5 Å². The maximum Gasteiger partial charge on any atom is 0.233 e. The molecule has 2 aromatic carbocycles. The van der Waals surface area contributed by atoms with Gasteiger partial charge >= 0.3 is 0 Å². The molecule has 510 valence electrons. The molecule has 0 fully saturated rings. The standard InChI is InChI=1S/C76H134N12O2/c1-7-13-19-25-31-33-35-37-43-49-65-89-69-55-51-67(52-56-69)79-73-81-71(83-75(85-73)87(61-45-39-27-21-15-9-3)62-46-40-28-22-16-10-4)77-59-60-78-72-82-74(80-68-53-57-70(58-54-68)90-66-50-44-38-36-34-32-26-20-14-8-2)86-76(84-72)88(63-47-41-29-23-17-11-5)64-48-42-30-24-18-12-6/h51-58H,7-50,59-66H2,1-6H3,(H2,77,79,81,83,85)(H2,78,80,82,84,86). The van der Waals surface area contributed by atoms with Crippen molar-refractivity contribution in [1.29, 1.82) is 0 Å². The molecule has 4 aromatic rings. The number of nitrogens with one attached hydrogen (secondary N) is 4. The Morgan fingerprint density at radius 1 is 0.267 bits per heavy atom. The van der Waals surface area contributed by atoms with E-state index in [1.807, 2.05) is 0 Å². The average molecular weight is 1250 g/mol. The molecule has 2 heterocycles. The lowest BCUT2D eigenvalue weighted by Crippen LogP contribution is -2.29. The third-order valence-electron chi connectivity index (χ3n) is 17.4. The number of rotatable bonds is 63. The van der Waals surface area contributed by atoms with Gasteiger partial charge in [-0.2, -0.15) is 29.9 Å². The van der Waals surface area contributed by atoms with E-state index < -0.39 is 0 Å². The largest absolute Gasteiger partial charge is 0.494 e. The summed E-state index contributed by atoms with van der Waals surface area (Å²) >= 11 is 0. The van der Waals surface area contributed by atoms with Crippen molar-refractivity contribution in [1.82, 2.24) is 29.9 Å². The molecule has 0 aliphatic carbocycles. The molecular formula is C76H134N12O2. The number of aromatic nitrogens is 6. The third-order valence-corrected chi connectivity index (χ3v) is 17.4. The van der Waals surface area contributed by atoms with Gasteiger partial charge in [-0.05, 0) is 87.1 Å². The van der Waals surface area contributed by atoms with Gasteiger partial charge in [-0.1, -0.05) is 286 Å². The van der Waals surface area contributed by atoms with Crippen molar-refractivity contribution in [3.8, 4) is 11.5 Å². The van der Waals surface area contributed by atoms with E-state index in [2.05, 4.69) is 121 Å². The average Bonchev–Trinajstić information content (AvgIpc) is 1.18. The van der Waals surface area contributed by atoms with Gasteiger partial charge in [-0.3, -0.25) is 0 Å². The monoisotopic (exact) mass is 1250 g/mol. The smallest absolute Gasteiger partial charge is 0.233 e. The molecule has 0 saturated heterocycles. The first kappa shape index (κ1) is 77.3. The topological polar surface area (TPSA) is 150 Å². The van der Waals surface area contributed by atoms with Crippen LogP contribution in [-0.4, -0.2) is 82.4 Å². The second kappa shape index (κ2) is 54.4. The number of ether oxygens (including phenoxy) is 2. The van der Waals surface area contributed by atoms with Crippen molar-refractivity contribution >= 4 is 47.1 Å². The highest BCUT2D eigenvalue weighted by molar-refractivity contribution is 5.58. The molecule has 0 atom stereocenters. The minimum atomic E-state index is 0.521. The van der Waals surface area contributed by atoms with Gasteiger partial charge in [0, 0.05) is 50.6 Å². The van der Waals surface area contributed by atoms with Crippen LogP contribution in [0.4, 0.5) is 47.1 Å². The Bertz CT molecular complexity index is 2060. The maximum absolute atomic E-state index is 6.21. The van der Waals surface area contributed by atoms with E-state index in [1.165, 1.54) is 244 Å².